The predicted molar refractivity (Wildman–Crippen MR) is 107 cm³/mol. The second-order valence-electron chi connectivity index (χ2n) is 6.07. The number of hydrogen-bond donors (Lipinski definition) is 0. The van der Waals surface area contributed by atoms with Crippen molar-refractivity contribution < 1.29 is 19.1 Å². The zero-order chi connectivity index (χ0) is 19.9. The van der Waals surface area contributed by atoms with E-state index in [1.807, 2.05) is 12.1 Å². The number of para-hydroxylation sites is 1. The molecular formula is C21H19ClN2O4. The highest BCUT2D eigenvalue weighted by Gasteiger charge is 2.16. The summed E-state index contributed by atoms with van der Waals surface area (Å²) in [6.07, 6.45) is 1.61. The molecule has 3 aromatic rings. The van der Waals surface area contributed by atoms with Crippen LogP contribution in [-0.2, 0) is 9.53 Å². The lowest BCUT2D eigenvalue weighted by atomic mass is 10.1. The number of carbonyl (C=O) groups is 2. The Kier molecular flexibility index (Phi) is 6.45. The predicted octanol–water partition coefficient (Wildman–Crippen LogP) is 3.58. The van der Waals surface area contributed by atoms with E-state index in [1.54, 1.807) is 55.7 Å². The number of halogens is 1. The van der Waals surface area contributed by atoms with Crippen LogP contribution in [0.15, 0.2) is 60.8 Å². The van der Waals surface area contributed by atoms with Gasteiger partial charge in [0, 0.05) is 23.7 Å². The minimum absolute atomic E-state index is 0.311. The van der Waals surface area contributed by atoms with E-state index in [-0.39, 0.29) is 12.5 Å². The summed E-state index contributed by atoms with van der Waals surface area (Å²) >= 11 is 5.82. The molecule has 0 saturated carbocycles. The lowest BCUT2D eigenvalue weighted by Gasteiger charge is -2.17. The molecule has 0 saturated heterocycles. The van der Waals surface area contributed by atoms with Gasteiger partial charge in [0.15, 0.2) is 6.61 Å². The van der Waals surface area contributed by atoms with Gasteiger partial charge in [0.2, 0.25) is 0 Å². The lowest BCUT2D eigenvalue weighted by molar-refractivity contribution is -0.133. The first-order valence-corrected chi connectivity index (χ1v) is 9.05. The maximum atomic E-state index is 12.3. The minimum Gasteiger partial charge on any atom is -0.492 e. The molecule has 1 amide bonds. The zero-order valence-electron chi connectivity index (χ0n) is 15.3. The van der Waals surface area contributed by atoms with Crippen LogP contribution in [0.2, 0.25) is 5.02 Å². The second-order valence-corrected chi connectivity index (χ2v) is 6.51. The van der Waals surface area contributed by atoms with Gasteiger partial charge in [-0.2, -0.15) is 0 Å². The molecule has 0 aliphatic rings. The molecule has 144 valence electrons. The second kappa shape index (κ2) is 9.19. The van der Waals surface area contributed by atoms with Crippen LogP contribution >= 0.6 is 11.6 Å². The van der Waals surface area contributed by atoms with Crippen LogP contribution in [0, 0.1) is 0 Å². The molecule has 0 fully saturated rings. The topological polar surface area (TPSA) is 68.7 Å². The monoisotopic (exact) mass is 398 g/mol. The fraction of sp³-hybridized carbons (Fsp3) is 0.190. The standard InChI is InChI=1S/C21H19ClN2O4/c1-24(12-13-27-17-9-7-16(22)8-10-17)19(25)14-28-21(26)18-6-2-4-15-5-3-11-23-20(15)18/h2-11H,12-14H2,1H3. The molecule has 1 aromatic heterocycles. The Morgan fingerprint density at radius 2 is 1.82 bits per heavy atom. The molecular weight excluding hydrogens is 380 g/mol. The third kappa shape index (κ3) is 4.98. The van der Waals surface area contributed by atoms with Crippen molar-refractivity contribution in [3.8, 4) is 5.75 Å². The Morgan fingerprint density at radius 3 is 2.61 bits per heavy atom. The van der Waals surface area contributed by atoms with Gasteiger partial charge in [-0.1, -0.05) is 29.8 Å². The summed E-state index contributed by atoms with van der Waals surface area (Å²) < 4.78 is 10.7. The van der Waals surface area contributed by atoms with Gasteiger partial charge in [-0.25, -0.2) is 4.79 Å². The van der Waals surface area contributed by atoms with E-state index in [0.29, 0.717) is 35.0 Å². The summed E-state index contributed by atoms with van der Waals surface area (Å²) in [5, 5.41) is 1.46. The van der Waals surface area contributed by atoms with Crippen LogP contribution in [0.5, 0.6) is 5.75 Å². The fourth-order valence-corrected chi connectivity index (χ4v) is 2.67. The minimum atomic E-state index is -0.580. The number of pyridine rings is 1. The van der Waals surface area contributed by atoms with Crippen molar-refractivity contribution in [3.05, 3.63) is 71.4 Å². The summed E-state index contributed by atoms with van der Waals surface area (Å²) in [4.78, 5) is 30.2. The van der Waals surface area contributed by atoms with E-state index in [4.69, 9.17) is 21.1 Å². The highest BCUT2D eigenvalue weighted by Crippen LogP contribution is 2.17. The Hall–Kier alpha value is -3.12. The van der Waals surface area contributed by atoms with Crippen LogP contribution in [0.25, 0.3) is 10.9 Å². The first kappa shape index (κ1) is 19.6. The molecule has 1 heterocycles. The van der Waals surface area contributed by atoms with E-state index in [9.17, 15) is 9.59 Å². The van der Waals surface area contributed by atoms with E-state index in [1.165, 1.54) is 4.90 Å². The number of amides is 1. The van der Waals surface area contributed by atoms with Gasteiger partial charge in [-0.15, -0.1) is 0 Å². The number of ether oxygens (including phenoxy) is 2. The first-order valence-electron chi connectivity index (χ1n) is 8.68. The Balaban J connectivity index is 1.48. The Bertz CT molecular complexity index is 970. The van der Waals surface area contributed by atoms with E-state index < -0.39 is 5.97 Å². The molecule has 2 aromatic carbocycles. The summed E-state index contributed by atoms with van der Waals surface area (Å²) in [7, 11) is 1.63. The molecule has 28 heavy (non-hydrogen) atoms. The first-order chi connectivity index (χ1) is 13.5. The molecule has 7 heteroatoms. The van der Waals surface area contributed by atoms with Crippen LogP contribution in [0.1, 0.15) is 10.4 Å². The van der Waals surface area contributed by atoms with E-state index >= 15 is 0 Å². The number of esters is 1. The van der Waals surface area contributed by atoms with Gasteiger partial charge in [-0.05, 0) is 36.4 Å². The molecule has 3 rings (SSSR count). The third-order valence-electron chi connectivity index (χ3n) is 4.11. The molecule has 0 aliphatic heterocycles. The number of aromatic nitrogens is 1. The molecule has 0 unspecified atom stereocenters. The van der Waals surface area contributed by atoms with Crippen LogP contribution in [-0.4, -0.2) is 48.6 Å². The highest BCUT2D eigenvalue weighted by molar-refractivity contribution is 6.30. The van der Waals surface area contributed by atoms with Gasteiger partial charge >= 0.3 is 5.97 Å². The van der Waals surface area contributed by atoms with E-state index in [2.05, 4.69) is 4.98 Å². The molecule has 0 aliphatic carbocycles. The van der Waals surface area contributed by atoms with Gasteiger partial charge in [0.25, 0.3) is 5.91 Å². The van der Waals surface area contributed by atoms with Crippen molar-refractivity contribution in [1.82, 2.24) is 9.88 Å². The Labute approximate surface area is 167 Å². The average molecular weight is 399 g/mol. The third-order valence-corrected chi connectivity index (χ3v) is 4.37. The summed E-state index contributed by atoms with van der Waals surface area (Å²) in [5.74, 6) is -0.232. The summed E-state index contributed by atoms with van der Waals surface area (Å²) in [6.45, 7) is 0.319. The number of carbonyl (C=O) groups excluding carboxylic acids is 2. The number of fused-ring (bicyclic) bond motifs is 1. The maximum Gasteiger partial charge on any atom is 0.340 e. The lowest BCUT2D eigenvalue weighted by Crippen LogP contribution is -2.34. The molecule has 6 nitrogen and oxygen atoms in total. The number of hydrogen-bond acceptors (Lipinski definition) is 5. The largest absolute Gasteiger partial charge is 0.492 e. The van der Waals surface area contributed by atoms with Crippen molar-refractivity contribution >= 4 is 34.4 Å². The Morgan fingerprint density at radius 1 is 1.07 bits per heavy atom. The number of nitrogens with zero attached hydrogens (tertiary/aromatic N) is 2. The molecule has 0 spiro atoms. The summed E-state index contributed by atoms with van der Waals surface area (Å²) in [6, 6.07) is 15.9. The number of likely N-dealkylation sites (N-methyl/N-ethyl adjacent to an activating group) is 1. The van der Waals surface area contributed by atoms with Crippen LogP contribution < -0.4 is 4.74 Å². The van der Waals surface area contributed by atoms with E-state index in [0.717, 1.165) is 5.39 Å². The van der Waals surface area contributed by atoms with Gasteiger partial charge < -0.3 is 14.4 Å². The van der Waals surface area contributed by atoms with Crippen molar-refractivity contribution in [3.63, 3.8) is 0 Å². The number of rotatable bonds is 7. The van der Waals surface area contributed by atoms with Gasteiger partial charge in [0.1, 0.15) is 12.4 Å². The van der Waals surface area contributed by atoms with Gasteiger partial charge in [0.05, 0.1) is 17.6 Å². The normalized spacial score (nSPS) is 10.5. The summed E-state index contributed by atoms with van der Waals surface area (Å²) in [5.41, 5.74) is 0.881. The number of benzene rings is 2. The fourth-order valence-electron chi connectivity index (χ4n) is 2.54. The van der Waals surface area contributed by atoms with Crippen LogP contribution in [0.4, 0.5) is 0 Å². The van der Waals surface area contributed by atoms with Gasteiger partial charge in [-0.3, -0.25) is 9.78 Å². The van der Waals surface area contributed by atoms with Crippen molar-refractivity contribution in [1.29, 1.82) is 0 Å². The zero-order valence-corrected chi connectivity index (χ0v) is 16.1. The molecule has 0 atom stereocenters. The van der Waals surface area contributed by atoms with Crippen molar-refractivity contribution in [2.75, 3.05) is 26.8 Å². The molecule has 0 bridgehead atoms. The molecule has 0 N–H and O–H groups in total. The smallest absolute Gasteiger partial charge is 0.340 e. The average Bonchev–Trinajstić information content (AvgIpc) is 2.72. The highest BCUT2D eigenvalue weighted by atomic mass is 35.5. The molecule has 0 radical (unpaired) electrons. The van der Waals surface area contributed by atoms with Crippen molar-refractivity contribution in [2.24, 2.45) is 0 Å². The quantitative estimate of drug-likeness (QED) is 0.569. The maximum absolute atomic E-state index is 12.3. The van der Waals surface area contributed by atoms with Crippen LogP contribution in [0.3, 0.4) is 0 Å². The SMILES string of the molecule is CN(CCOc1ccc(Cl)cc1)C(=O)COC(=O)c1cccc2cccnc12. The van der Waals surface area contributed by atoms with Crippen molar-refractivity contribution in [2.45, 2.75) is 0 Å².